The number of unbranched alkanes of at least 4 members (excludes halogenated alkanes) is 5. The molecule has 0 spiro atoms. The van der Waals surface area contributed by atoms with Crippen LogP contribution in [0.3, 0.4) is 0 Å². The summed E-state index contributed by atoms with van der Waals surface area (Å²) in [5.74, 6) is 3.57. The minimum absolute atomic E-state index is 0.371. The molecule has 1 nitrogen and oxygen atoms in total. The Kier molecular flexibility index (Phi) is 9.78. The van der Waals surface area contributed by atoms with Gasteiger partial charge in [0.05, 0.1) is 0 Å². The van der Waals surface area contributed by atoms with Crippen LogP contribution in [0.4, 0.5) is 0 Å². The third kappa shape index (κ3) is 7.20. The fourth-order valence-electron chi connectivity index (χ4n) is 2.88. The molecule has 0 saturated heterocycles. The zero-order valence-corrected chi connectivity index (χ0v) is 16.6. The molecule has 0 saturated carbocycles. The Bertz CT molecular complexity index is 422. The summed E-state index contributed by atoms with van der Waals surface area (Å²) in [5, 5.41) is 10.5. The molecule has 0 atom stereocenters. The first-order chi connectivity index (χ1) is 11.0. The number of phenols is 1. The standard InChI is InChI=1S/C21H36OS/c1-6-7-8-9-10-11-12-23-15-18-13-19(16(2)3)21(22)20(14-18)17(4)5/h13-14,16-17,22H,6-12,15H2,1-5H3. The Morgan fingerprint density at radius 3 is 1.91 bits per heavy atom. The summed E-state index contributed by atoms with van der Waals surface area (Å²) in [4.78, 5) is 0. The van der Waals surface area contributed by atoms with E-state index in [0.29, 0.717) is 17.6 Å². The van der Waals surface area contributed by atoms with Crippen molar-refractivity contribution in [2.75, 3.05) is 5.75 Å². The van der Waals surface area contributed by atoms with Gasteiger partial charge in [0.2, 0.25) is 0 Å². The van der Waals surface area contributed by atoms with Crippen LogP contribution in [0.2, 0.25) is 0 Å². The maximum atomic E-state index is 10.5. The summed E-state index contributed by atoms with van der Waals surface area (Å²) in [6.07, 6.45) is 8.21. The van der Waals surface area contributed by atoms with E-state index in [4.69, 9.17) is 0 Å². The highest BCUT2D eigenvalue weighted by Gasteiger charge is 2.14. The molecule has 0 aliphatic carbocycles. The molecule has 0 aliphatic rings. The second-order valence-corrected chi connectivity index (χ2v) is 8.36. The van der Waals surface area contributed by atoms with E-state index in [2.05, 4.69) is 46.8 Å². The first-order valence-corrected chi connectivity index (χ1v) is 10.6. The summed E-state index contributed by atoms with van der Waals surface area (Å²) in [6.45, 7) is 10.9. The van der Waals surface area contributed by atoms with Crippen molar-refractivity contribution in [2.45, 2.75) is 90.7 Å². The molecular weight excluding hydrogens is 300 g/mol. The van der Waals surface area contributed by atoms with E-state index in [1.165, 1.54) is 49.8 Å². The van der Waals surface area contributed by atoms with E-state index in [1.54, 1.807) is 0 Å². The molecule has 1 rings (SSSR count). The molecule has 1 aromatic carbocycles. The summed E-state index contributed by atoms with van der Waals surface area (Å²) in [7, 11) is 0. The van der Waals surface area contributed by atoms with Crippen LogP contribution in [0.15, 0.2) is 12.1 Å². The van der Waals surface area contributed by atoms with Gasteiger partial charge in [-0.05, 0) is 40.7 Å². The maximum Gasteiger partial charge on any atom is 0.122 e. The van der Waals surface area contributed by atoms with Crippen molar-refractivity contribution < 1.29 is 5.11 Å². The molecule has 0 radical (unpaired) electrons. The molecule has 1 N–H and O–H groups in total. The zero-order chi connectivity index (χ0) is 17.2. The van der Waals surface area contributed by atoms with Gasteiger partial charge in [-0.15, -0.1) is 0 Å². The Morgan fingerprint density at radius 2 is 1.39 bits per heavy atom. The summed E-state index contributed by atoms with van der Waals surface area (Å²) >= 11 is 2.04. The van der Waals surface area contributed by atoms with Crippen LogP contribution in [0.1, 0.15) is 102 Å². The molecule has 0 aromatic heterocycles. The Balaban J connectivity index is 2.50. The smallest absolute Gasteiger partial charge is 0.122 e. The predicted molar refractivity (Wildman–Crippen MR) is 106 cm³/mol. The first kappa shape index (κ1) is 20.4. The molecule has 0 unspecified atom stereocenters. The van der Waals surface area contributed by atoms with Gasteiger partial charge >= 0.3 is 0 Å². The van der Waals surface area contributed by atoms with Crippen LogP contribution in [0.5, 0.6) is 5.75 Å². The van der Waals surface area contributed by atoms with E-state index in [0.717, 1.165) is 16.9 Å². The highest BCUT2D eigenvalue weighted by atomic mass is 32.2. The number of benzene rings is 1. The monoisotopic (exact) mass is 336 g/mol. The SMILES string of the molecule is CCCCCCCCSCc1cc(C(C)C)c(O)c(C(C)C)c1. The van der Waals surface area contributed by atoms with Crippen LogP contribution in [0.25, 0.3) is 0 Å². The van der Waals surface area contributed by atoms with Gasteiger partial charge in [0, 0.05) is 5.75 Å². The van der Waals surface area contributed by atoms with Gasteiger partial charge in [0.1, 0.15) is 5.75 Å². The van der Waals surface area contributed by atoms with E-state index < -0.39 is 0 Å². The van der Waals surface area contributed by atoms with E-state index in [-0.39, 0.29) is 0 Å². The van der Waals surface area contributed by atoms with E-state index in [9.17, 15) is 5.11 Å². The van der Waals surface area contributed by atoms with Crippen LogP contribution in [0, 0.1) is 0 Å². The summed E-state index contributed by atoms with van der Waals surface area (Å²) in [5.41, 5.74) is 3.57. The quantitative estimate of drug-likeness (QED) is 0.430. The van der Waals surface area contributed by atoms with Crippen LogP contribution in [-0.2, 0) is 5.75 Å². The number of hydrogen-bond donors (Lipinski definition) is 1. The number of phenolic OH excluding ortho intramolecular Hbond substituents is 1. The largest absolute Gasteiger partial charge is 0.507 e. The average Bonchev–Trinajstić information content (AvgIpc) is 2.50. The normalized spacial score (nSPS) is 11.6. The highest BCUT2D eigenvalue weighted by Crippen LogP contribution is 2.35. The molecular formula is C21H36OS. The predicted octanol–water partition coefficient (Wildman–Crippen LogP) is 7.23. The van der Waals surface area contributed by atoms with Crippen LogP contribution >= 0.6 is 11.8 Å². The molecule has 132 valence electrons. The Hall–Kier alpha value is -0.630. The molecule has 23 heavy (non-hydrogen) atoms. The van der Waals surface area contributed by atoms with Gasteiger partial charge < -0.3 is 5.11 Å². The summed E-state index contributed by atoms with van der Waals surface area (Å²) < 4.78 is 0. The van der Waals surface area contributed by atoms with Crippen molar-refractivity contribution in [3.8, 4) is 5.75 Å². The topological polar surface area (TPSA) is 20.2 Å². The third-order valence-corrected chi connectivity index (χ3v) is 5.50. The van der Waals surface area contributed by atoms with Gasteiger partial charge in [0.25, 0.3) is 0 Å². The number of hydrogen-bond acceptors (Lipinski definition) is 2. The Morgan fingerprint density at radius 1 is 0.870 bits per heavy atom. The average molecular weight is 337 g/mol. The molecule has 0 fully saturated rings. The lowest BCUT2D eigenvalue weighted by Crippen LogP contribution is -1.98. The van der Waals surface area contributed by atoms with Crippen molar-refractivity contribution >= 4 is 11.8 Å². The van der Waals surface area contributed by atoms with Crippen molar-refractivity contribution in [3.05, 3.63) is 28.8 Å². The molecule has 1 aromatic rings. The second kappa shape index (κ2) is 11.0. The van der Waals surface area contributed by atoms with E-state index >= 15 is 0 Å². The van der Waals surface area contributed by atoms with Crippen molar-refractivity contribution in [1.29, 1.82) is 0 Å². The number of aromatic hydroxyl groups is 1. The lowest BCUT2D eigenvalue weighted by molar-refractivity contribution is 0.454. The fraction of sp³-hybridized carbons (Fsp3) is 0.714. The van der Waals surface area contributed by atoms with Crippen LogP contribution in [-0.4, -0.2) is 10.9 Å². The highest BCUT2D eigenvalue weighted by molar-refractivity contribution is 7.98. The second-order valence-electron chi connectivity index (χ2n) is 7.25. The molecule has 0 heterocycles. The first-order valence-electron chi connectivity index (χ1n) is 9.40. The molecule has 0 aliphatic heterocycles. The van der Waals surface area contributed by atoms with Crippen LogP contribution < -0.4 is 0 Å². The lowest BCUT2D eigenvalue weighted by Gasteiger charge is -2.17. The maximum absolute atomic E-state index is 10.5. The summed E-state index contributed by atoms with van der Waals surface area (Å²) in [6, 6.07) is 4.42. The van der Waals surface area contributed by atoms with Crippen molar-refractivity contribution in [2.24, 2.45) is 0 Å². The number of rotatable bonds is 11. The fourth-order valence-corrected chi connectivity index (χ4v) is 3.84. The minimum Gasteiger partial charge on any atom is -0.507 e. The molecule has 2 heteroatoms. The lowest BCUT2D eigenvalue weighted by atomic mass is 9.92. The number of thioether (sulfide) groups is 1. The van der Waals surface area contributed by atoms with Gasteiger partial charge in [-0.3, -0.25) is 0 Å². The van der Waals surface area contributed by atoms with E-state index in [1.807, 2.05) is 11.8 Å². The van der Waals surface area contributed by atoms with Gasteiger partial charge in [0.15, 0.2) is 0 Å². The van der Waals surface area contributed by atoms with Crippen molar-refractivity contribution in [1.82, 2.24) is 0 Å². The minimum atomic E-state index is 0.371. The third-order valence-electron chi connectivity index (χ3n) is 4.38. The van der Waals surface area contributed by atoms with Gasteiger partial charge in [-0.1, -0.05) is 78.9 Å². The van der Waals surface area contributed by atoms with Gasteiger partial charge in [-0.25, -0.2) is 0 Å². The van der Waals surface area contributed by atoms with Gasteiger partial charge in [-0.2, -0.15) is 11.8 Å². The zero-order valence-electron chi connectivity index (χ0n) is 15.8. The Labute approximate surface area is 148 Å². The van der Waals surface area contributed by atoms with Crippen molar-refractivity contribution in [3.63, 3.8) is 0 Å². The molecule has 0 amide bonds. The molecule has 0 bridgehead atoms.